The first-order valence-electron chi connectivity index (χ1n) is 7.15. The van der Waals surface area contributed by atoms with Gasteiger partial charge in [-0.05, 0) is 39.0 Å². The van der Waals surface area contributed by atoms with Gasteiger partial charge in [0.25, 0.3) is 0 Å². The number of amides is 1. The molecule has 102 valence electrons. The number of carbonyl (C=O) groups excluding carboxylic acids is 1. The molecule has 3 rings (SSSR count). The average Bonchev–Trinajstić information content (AvgIpc) is 2.96. The van der Waals surface area contributed by atoms with Crippen LogP contribution in [0.2, 0.25) is 0 Å². The molecule has 4 atom stereocenters. The molecular formula is C14H24N2O2. The highest BCUT2D eigenvalue weighted by molar-refractivity contribution is 5.81. The maximum Gasteiger partial charge on any atom is 0.228 e. The van der Waals surface area contributed by atoms with Crippen LogP contribution in [0.25, 0.3) is 0 Å². The van der Waals surface area contributed by atoms with Gasteiger partial charge in [-0.3, -0.25) is 4.79 Å². The minimum absolute atomic E-state index is 0.00639. The lowest BCUT2D eigenvalue weighted by atomic mass is 9.84. The molecule has 0 aromatic carbocycles. The van der Waals surface area contributed by atoms with E-state index < -0.39 is 0 Å². The van der Waals surface area contributed by atoms with E-state index in [-0.39, 0.29) is 17.6 Å². The fourth-order valence-electron chi connectivity index (χ4n) is 4.05. The molecule has 1 amide bonds. The van der Waals surface area contributed by atoms with Gasteiger partial charge in [0.05, 0.1) is 12.0 Å². The highest BCUT2D eigenvalue weighted by Gasteiger charge is 2.52. The smallest absolute Gasteiger partial charge is 0.228 e. The van der Waals surface area contributed by atoms with Crippen molar-refractivity contribution in [2.45, 2.75) is 38.8 Å². The molecule has 0 spiro atoms. The van der Waals surface area contributed by atoms with Gasteiger partial charge in [0, 0.05) is 31.8 Å². The van der Waals surface area contributed by atoms with Crippen LogP contribution in [0.3, 0.4) is 0 Å². The summed E-state index contributed by atoms with van der Waals surface area (Å²) in [7, 11) is 0. The van der Waals surface area contributed by atoms with Gasteiger partial charge in [-0.2, -0.15) is 0 Å². The SMILES string of the molecule is CC1OCCC1C(=O)N1CC2CNCC2C1(C)C. The van der Waals surface area contributed by atoms with Crippen molar-refractivity contribution in [3.05, 3.63) is 0 Å². The quantitative estimate of drug-likeness (QED) is 0.753. The minimum atomic E-state index is -0.00639. The molecule has 4 heteroatoms. The summed E-state index contributed by atoms with van der Waals surface area (Å²) >= 11 is 0. The number of hydrogen-bond acceptors (Lipinski definition) is 3. The average molecular weight is 252 g/mol. The van der Waals surface area contributed by atoms with E-state index in [1.165, 1.54) is 0 Å². The number of nitrogens with one attached hydrogen (secondary N) is 1. The molecule has 18 heavy (non-hydrogen) atoms. The summed E-state index contributed by atoms with van der Waals surface area (Å²) in [5, 5.41) is 3.46. The fraction of sp³-hybridized carbons (Fsp3) is 0.929. The first-order valence-corrected chi connectivity index (χ1v) is 7.15. The molecule has 0 saturated carbocycles. The topological polar surface area (TPSA) is 41.6 Å². The van der Waals surface area contributed by atoms with Crippen molar-refractivity contribution in [3.8, 4) is 0 Å². The zero-order valence-corrected chi connectivity index (χ0v) is 11.6. The van der Waals surface area contributed by atoms with Crippen molar-refractivity contribution >= 4 is 5.91 Å². The molecule has 3 fully saturated rings. The Bertz CT molecular complexity index is 356. The standard InChI is InChI=1S/C14H24N2O2/c1-9-11(4-5-18-9)13(17)16-8-10-6-15-7-12(10)14(16,2)3/h9-12,15H,4-8H2,1-3H3. The Labute approximate surface area is 109 Å². The zero-order chi connectivity index (χ0) is 12.9. The van der Waals surface area contributed by atoms with E-state index in [0.29, 0.717) is 17.7 Å². The van der Waals surface area contributed by atoms with E-state index in [9.17, 15) is 4.79 Å². The van der Waals surface area contributed by atoms with Crippen molar-refractivity contribution < 1.29 is 9.53 Å². The maximum atomic E-state index is 12.7. The number of fused-ring (bicyclic) bond motifs is 1. The molecule has 0 aromatic rings. The summed E-state index contributed by atoms with van der Waals surface area (Å²) in [6.45, 7) is 10.3. The van der Waals surface area contributed by atoms with Crippen LogP contribution >= 0.6 is 0 Å². The summed E-state index contributed by atoms with van der Waals surface area (Å²) in [4.78, 5) is 14.9. The first kappa shape index (κ1) is 12.4. The lowest BCUT2D eigenvalue weighted by Crippen LogP contribution is -2.50. The van der Waals surface area contributed by atoms with E-state index >= 15 is 0 Å². The molecule has 3 heterocycles. The van der Waals surface area contributed by atoms with Crippen LogP contribution in [-0.2, 0) is 9.53 Å². The van der Waals surface area contributed by atoms with E-state index in [0.717, 1.165) is 32.7 Å². The van der Waals surface area contributed by atoms with E-state index in [2.05, 4.69) is 24.1 Å². The third kappa shape index (κ3) is 1.69. The number of likely N-dealkylation sites (tertiary alicyclic amines) is 1. The Kier molecular flexibility index (Phi) is 2.90. The van der Waals surface area contributed by atoms with Crippen LogP contribution in [0, 0.1) is 17.8 Å². The van der Waals surface area contributed by atoms with Crippen LogP contribution in [0.4, 0.5) is 0 Å². The highest BCUT2D eigenvalue weighted by atomic mass is 16.5. The second-order valence-electron chi connectivity index (χ2n) is 6.60. The van der Waals surface area contributed by atoms with Gasteiger partial charge in [-0.1, -0.05) is 0 Å². The molecule has 0 radical (unpaired) electrons. The Morgan fingerprint density at radius 2 is 2.17 bits per heavy atom. The van der Waals surface area contributed by atoms with E-state index in [1.807, 2.05) is 6.92 Å². The van der Waals surface area contributed by atoms with Gasteiger partial charge < -0.3 is 15.0 Å². The van der Waals surface area contributed by atoms with Crippen LogP contribution in [0.15, 0.2) is 0 Å². The molecule has 3 aliphatic heterocycles. The van der Waals surface area contributed by atoms with E-state index in [1.54, 1.807) is 0 Å². The summed E-state index contributed by atoms with van der Waals surface area (Å²) in [5.41, 5.74) is -0.00639. The first-order chi connectivity index (χ1) is 8.51. The number of carbonyl (C=O) groups is 1. The number of rotatable bonds is 1. The Balaban J connectivity index is 1.78. The third-order valence-electron chi connectivity index (χ3n) is 5.32. The van der Waals surface area contributed by atoms with Gasteiger partial charge in [-0.15, -0.1) is 0 Å². The number of hydrogen-bond donors (Lipinski definition) is 1. The number of nitrogens with zero attached hydrogens (tertiary/aromatic N) is 1. The second kappa shape index (κ2) is 4.20. The minimum Gasteiger partial charge on any atom is -0.378 e. The van der Waals surface area contributed by atoms with Crippen molar-refractivity contribution in [3.63, 3.8) is 0 Å². The maximum absolute atomic E-state index is 12.7. The summed E-state index contributed by atoms with van der Waals surface area (Å²) in [5.74, 6) is 1.65. The van der Waals surface area contributed by atoms with E-state index in [4.69, 9.17) is 4.74 Å². The molecular weight excluding hydrogens is 228 g/mol. The predicted octanol–water partition coefficient (Wildman–Crippen LogP) is 0.868. The molecule has 4 nitrogen and oxygen atoms in total. The van der Waals surface area contributed by atoms with Crippen molar-refractivity contribution in [1.29, 1.82) is 0 Å². The van der Waals surface area contributed by atoms with Crippen molar-refractivity contribution in [2.75, 3.05) is 26.2 Å². The number of ether oxygens (including phenoxy) is 1. The second-order valence-corrected chi connectivity index (χ2v) is 6.60. The van der Waals surface area contributed by atoms with Gasteiger partial charge in [0.1, 0.15) is 0 Å². The van der Waals surface area contributed by atoms with Gasteiger partial charge >= 0.3 is 0 Å². The monoisotopic (exact) mass is 252 g/mol. The molecule has 0 aliphatic carbocycles. The zero-order valence-electron chi connectivity index (χ0n) is 11.6. The Hall–Kier alpha value is -0.610. The lowest BCUT2D eigenvalue weighted by Gasteiger charge is -2.37. The summed E-state index contributed by atoms with van der Waals surface area (Å²) < 4.78 is 5.55. The van der Waals surface area contributed by atoms with Crippen molar-refractivity contribution in [2.24, 2.45) is 17.8 Å². The largest absolute Gasteiger partial charge is 0.378 e. The highest BCUT2D eigenvalue weighted by Crippen LogP contribution is 2.42. The van der Waals surface area contributed by atoms with Crippen molar-refractivity contribution in [1.82, 2.24) is 10.2 Å². The lowest BCUT2D eigenvalue weighted by molar-refractivity contribution is -0.141. The molecule has 4 unspecified atom stereocenters. The van der Waals surface area contributed by atoms with Gasteiger partial charge in [-0.25, -0.2) is 0 Å². The van der Waals surface area contributed by atoms with Crippen LogP contribution in [-0.4, -0.2) is 48.7 Å². The normalized spacial score (nSPS) is 42.3. The third-order valence-corrected chi connectivity index (χ3v) is 5.32. The van der Waals surface area contributed by atoms with Gasteiger partial charge in [0.15, 0.2) is 0 Å². The fourth-order valence-corrected chi connectivity index (χ4v) is 4.05. The molecule has 3 saturated heterocycles. The Morgan fingerprint density at radius 3 is 2.78 bits per heavy atom. The van der Waals surface area contributed by atoms with Crippen LogP contribution < -0.4 is 5.32 Å². The van der Waals surface area contributed by atoms with Crippen LogP contribution in [0.1, 0.15) is 27.2 Å². The van der Waals surface area contributed by atoms with Gasteiger partial charge in [0.2, 0.25) is 5.91 Å². The molecule has 0 bridgehead atoms. The molecule has 1 N–H and O–H groups in total. The molecule has 0 aromatic heterocycles. The summed E-state index contributed by atoms with van der Waals surface area (Å²) in [6.07, 6.45) is 0.979. The summed E-state index contributed by atoms with van der Waals surface area (Å²) in [6, 6.07) is 0. The van der Waals surface area contributed by atoms with Crippen LogP contribution in [0.5, 0.6) is 0 Å². The Morgan fingerprint density at radius 1 is 1.39 bits per heavy atom. The predicted molar refractivity (Wildman–Crippen MR) is 69.2 cm³/mol. The molecule has 3 aliphatic rings.